The van der Waals surface area contributed by atoms with Crippen LogP contribution in [0.2, 0.25) is 0 Å². The van der Waals surface area contributed by atoms with Crippen molar-refractivity contribution in [2.24, 2.45) is 7.05 Å². The molecule has 0 aliphatic heterocycles. The largest absolute Gasteiger partial charge is 0.316 e. The van der Waals surface area contributed by atoms with E-state index in [1.807, 2.05) is 29.7 Å². The third-order valence-corrected chi connectivity index (χ3v) is 2.73. The van der Waals surface area contributed by atoms with Crippen LogP contribution in [0.1, 0.15) is 12.1 Å². The number of aromatic nitrogens is 2. The predicted octanol–water partition coefficient (Wildman–Crippen LogP) is 1.31. The van der Waals surface area contributed by atoms with Crippen LogP contribution in [0, 0.1) is 0 Å². The first-order valence-electron chi connectivity index (χ1n) is 5.01. The van der Waals surface area contributed by atoms with Gasteiger partial charge in [0.2, 0.25) is 0 Å². The first kappa shape index (κ1) is 11.6. The van der Waals surface area contributed by atoms with E-state index in [-0.39, 0.29) is 0 Å². The van der Waals surface area contributed by atoms with E-state index in [0.717, 1.165) is 19.5 Å². The van der Waals surface area contributed by atoms with E-state index in [0.29, 0.717) is 0 Å². The van der Waals surface area contributed by atoms with Crippen molar-refractivity contribution >= 4 is 11.8 Å². The number of aryl methyl sites for hydroxylation is 1. The minimum Gasteiger partial charge on any atom is -0.316 e. The van der Waals surface area contributed by atoms with E-state index in [1.54, 1.807) is 0 Å². The maximum Gasteiger partial charge on any atom is 0.0637 e. The SMILES string of the molecule is CSCCCNCCc1ccn(C)n1. The lowest BCUT2D eigenvalue weighted by Crippen LogP contribution is -2.19. The highest BCUT2D eigenvalue weighted by molar-refractivity contribution is 7.98. The van der Waals surface area contributed by atoms with Crippen molar-refractivity contribution in [2.75, 3.05) is 25.1 Å². The van der Waals surface area contributed by atoms with E-state index in [2.05, 4.69) is 22.7 Å². The summed E-state index contributed by atoms with van der Waals surface area (Å²) >= 11 is 1.90. The maximum absolute atomic E-state index is 4.32. The second-order valence-electron chi connectivity index (χ2n) is 3.33. The van der Waals surface area contributed by atoms with Gasteiger partial charge in [0.1, 0.15) is 0 Å². The van der Waals surface area contributed by atoms with Crippen molar-refractivity contribution in [2.45, 2.75) is 12.8 Å². The second-order valence-corrected chi connectivity index (χ2v) is 4.31. The van der Waals surface area contributed by atoms with Gasteiger partial charge in [-0.3, -0.25) is 4.68 Å². The van der Waals surface area contributed by atoms with E-state index >= 15 is 0 Å². The van der Waals surface area contributed by atoms with E-state index in [1.165, 1.54) is 17.9 Å². The van der Waals surface area contributed by atoms with Gasteiger partial charge in [0, 0.05) is 26.2 Å². The Morgan fingerprint density at radius 2 is 2.36 bits per heavy atom. The zero-order valence-electron chi connectivity index (χ0n) is 8.99. The zero-order valence-corrected chi connectivity index (χ0v) is 9.81. The Hall–Kier alpha value is -0.480. The molecule has 0 atom stereocenters. The molecule has 0 aliphatic carbocycles. The Balaban J connectivity index is 1.99. The lowest BCUT2D eigenvalue weighted by Gasteiger charge is -2.01. The molecular weight excluding hydrogens is 194 g/mol. The monoisotopic (exact) mass is 213 g/mol. The highest BCUT2D eigenvalue weighted by Gasteiger charge is 1.95. The molecule has 0 saturated carbocycles. The number of hydrogen-bond donors (Lipinski definition) is 1. The molecule has 80 valence electrons. The van der Waals surface area contributed by atoms with Crippen molar-refractivity contribution in [1.29, 1.82) is 0 Å². The van der Waals surface area contributed by atoms with Gasteiger partial charge >= 0.3 is 0 Å². The molecular formula is C10H19N3S. The summed E-state index contributed by atoms with van der Waals surface area (Å²) in [7, 11) is 1.95. The molecule has 1 heterocycles. The third-order valence-electron chi connectivity index (χ3n) is 2.03. The number of thioether (sulfide) groups is 1. The van der Waals surface area contributed by atoms with Gasteiger partial charge in [-0.05, 0) is 31.0 Å². The van der Waals surface area contributed by atoms with Crippen LogP contribution in [0.25, 0.3) is 0 Å². The first-order valence-corrected chi connectivity index (χ1v) is 6.40. The van der Waals surface area contributed by atoms with Gasteiger partial charge in [0.15, 0.2) is 0 Å². The Kier molecular flexibility index (Phi) is 5.71. The van der Waals surface area contributed by atoms with Crippen LogP contribution in [0.3, 0.4) is 0 Å². The maximum atomic E-state index is 4.32. The molecule has 3 nitrogen and oxygen atoms in total. The van der Waals surface area contributed by atoms with Gasteiger partial charge in [-0.2, -0.15) is 16.9 Å². The fraction of sp³-hybridized carbons (Fsp3) is 0.700. The Bertz CT molecular complexity index is 247. The fourth-order valence-electron chi connectivity index (χ4n) is 1.28. The molecule has 1 aromatic rings. The minimum atomic E-state index is 1.03. The van der Waals surface area contributed by atoms with Gasteiger partial charge in [-0.25, -0.2) is 0 Å². The Morgan fingerprint density at radius 3 is 3.00 bits per heavy atom. The standard InChI is InChI=1S/C10H19N3S/c1-13-8-5-10(12-13)4-7-11-6-3-9-14-2/h5,8,11H,3-4,6-7,9H2,1-2H3. The summed E-state index contributed by atoms with van der Waals surface area (Å²) in [6.07, 6.45) is 6.42. The van der Waals surface area contributed by atoms with Crippen LogP contribution in [0.4, 0.5) is 0 Å². The van der Waals surface area contributed by atoms with Crippen molar-refractivity contribution in [1.82, 2.24) is 15.1 Å². The average molecular weight is 213 g/mol. The summed E-state index contributed by atoms with van der Waals surface area (Å²) in [4.78, 5) is 0. The molecule has 0 aliphatic rings. The third kappa shape index (κ3) is 4.67. The highest BCUT2D eigenvalue weighted by Crippen LogP contribution is 1.95. The van der Waals surface area contributed by atoms with Crippen molar-refractivity contribution in [3.05, 3.63) is 18.0 Å². The molecule has 1 N–H and O–H groups in total. The molecule has 0 amide bonds. The van der Waals surface area contributed by atoms with E-state index in [4.69, 9.17) is 0 Å². The molecule has 1 aromatic heterocycles. The lowest BCUT2D eigenvalue weighted by molar-refractivity contribution is 0.657. The molecule has 0 radical (unpaired) electrons. The van der Waals surface area contributed by atoms with Gasteiger partial charge < -0.3 is 5.32 Å². The number of rotatable bonds is 7. The topological polar surface area (TPSA) is 29.9 Å². The number of hydrogen-bond acceptors (Lipinski definition) is 3. The van der Waals surface area contributed by atoms with Crippen molar-refractivity contribution in [3.63, 3.8) is 0 Å². The minimum absolute atomic E-state index is 1.03. The van der Waals surface area contributed by atoms with Crippen LogP contribution in [0.15, 0.2) is 12.3 Å². The molecule has 0 unspecified atom stereocenters. The van der Waals surface area contributed by atoms with Gasteiger partial charge in [-0.15, -0.1) is 0 Å². The molecule has 0 spiro atoms. The van der Waals surface area contributed by atoms with E-state index < -0.39 is 0 Å². The Labute approximate surface area is 90.3 Å². The molecule has 1 rings (SSSR count). The fourth-order valence-corrected chi connectivity index (χ4v) is 1.71. The van der Waals surface area contributed by atoms with Gasteiger partial charge in [0.05, 0.1) is 5.69 Å². The summed E-state index contributed by atoms with van der Waals surface area (Å²) in [6.45, 7) is 2.15. The lowest BCUT2D eigenvalue weighted by atomic mass is 10.3. The Morgan fingerprint density at radius 1 is 1.50 bits per heavy atom. The molecule has 4 heteroatoms. The summed E-state index contributed by atoms with van der Waals surface area (Å²) in [5, 5.41) is 7.73. The number of nitrogens with zero attached hydrogens (tertiary/aromatic N) is 2. The van der Waals surface area contributed by atoms with Crippen molar-refractivity contribution in [3.8, 4) is 0 Å². The first-order chi connectivity index (χ1) is 6.83. The van der Waals surface area contributed by atoms with Crippen LogP contribution >= 0.6 is 11.8 Å². The van der Waals surface area contributed by atoms with Crippen LogP contribution in [-0.2, 0) is 13.5 Å². The zero-order chi connectivity index (χ0) is 10.2. The highest BCUT2D eigenvalue weighted by atomic mass is 32.2. The summed E-state index contributed by atoms with van der Waals surface area (Å²) in [6, 6.07) is 2.07. The van der Waals surface area contributed by atoms with Crippen LogP contribution < -0.4 is 5.32 Å². The predicted molar refractivity (Wildman–Crippen MR) is 62.8 cm³/mol. The van der Waals surface area contributed by atoms with Crippen LogP contribution in [0.5, 0.6) is 0 Å². The quantitative estimate of drug-likeness (QED) is 0.693. The van der Waals surface area contributed by atoms with Crippen molar-refractivity contribution < 1.29 is 0 Å². The van der Waals surface area contributed by atoms with Crippen LogP contribution in [-0.4, -0.2) is 34.9 Å². The summed E-state index contributed by atoms with van der Waals surface area (Å²) < 4.78 is 1.85. The normalized spacial score (nSPS) is 10.7. The molecule has 0 saturated heterocycles. The van der Waals surface area contributed by atoms with Gasteiger partial charge in [-0.1, -0.05) is 0 Å². The summed E-state index contributed by atoms with van der Waals surface area (Å²) in [5.41, 5.74) is 1.17. The smallest absolute Gasteiger partial charge is 0.0637 e. The van der Waals surface area contributed by atoms with E-state index in [9.17, 15) is 0 Å². The number of nitrogens with one attached hydrogen (secondary N) is 1. The second kappa shape index (κ2) is 6.90. The average Bonchev–Trinajstić information content (AvgIpc) is 2.58. The molecule has 0 fully saturated rings. The summed E-state index contributed by atoms with van der Waals surface area (Å²) in [5.74, 6) is 1.25. The molecule has 0 bridgehead atoms. The molecule has 14 heavy (non-hydrogen) atoms. The van der Waals surface area contributed by atoms with Gasteiger partial charge in [0.25, 0.3) is 0 Å². The molecule has 0 aromatic carbocycles.